The molecule has 0 atom stereocenters. The Morgan fingerprint density at radius 2 is 2.33 bits per heavy atom. The highest BCUT2D eigenvalue weighted by Gasteiger charge is 2.10. The lowest BCUT2D eigenvalue weighted by atomic mass is 10.1. The number of hydrogen-bond donors (Lipinski definition) is 1. The SMILES string of the molecule is C=Cc1c(N)ncnc1-c1cnn(CCSC)c1. The fourth-order valence-corrected chi connectivity index (χ4v) is 2.00. The van der Waals surface area contributed by atoms with Gasteiger partial charge in [-0.1, -0.05) is 12.7 Å². The van der Waals surface area contributed by atoms with E-state index < -0.39 is 0 Å². The Kier molecular flexibility index (Phi) is 3.99. The van der Waals surface area contributed by atoms with Crippen LogP contribution in [0, 0.1) is 0 Å². The maximum absolute atomic E-state index is 5.80. The summed E-state index contributed by atoms with van der Waals surface area (Å²) in [7, 11) is 0. The lowest BCUT2D eigenvalue weighted by molar-refractivity contribution is 0.667. The molecule has 0 bridgehead atoms. The lowest BCUT2D eigenvalue weighted by Gasteiger charge is -2.04. The van der Waals surface area contributed by atoms with E-state index >= 15 is 0 Å². The molecule has 0 saturated heterocycles. The third-order valence-corrected chi connectivity index (χ3v) is 3.14. The number of aromatic nitrogens is 4. The third-order valence-electron chi connectivity index (χ3n) is 2.55. The van der Waals surface area contributed by atoms with Crippen molar-refractivity contribution in [1.82, 2.24) is 19.7 Å². The van der Waals surface area contributed by atoms with Crippen LogP contribution < -0.4 is 5.73 Å². The number of thioether (sulfide) groups is 1. The van der Waals surface area contributed by atoms with Crippen LogP contribution in [-0.2, 0) is 6.54 Å². The van der Waals surface area contributed by atoms with Gasteiger partial charge in [-0.3, -0.25) is 4.68 Å². The summed E-state index contributed by atoms with van der Waals surface area (Å²) in [6.45, 7) is 4.62. The molecule has 2 rings (SSSR count). The molecule has 0 amide bonds. The van der Waals surface area contributed by atoms with E-state index in [1.807, 2.05) is 10.9 Å². The Bertz CT molecular complexity index is 549. The minimum Gasteiger partial charge on any atom is -0.383 e. The maximum atomic E-state index is 5.80. The van der Waals surface area contributed by atoms with Crippen molar-refractivity contribution < 1.29 is 0 Å². The van der Waals surface area contributed by atoms with Gasteiger partial charge in [-0.15, -0.1) is 0 Å². The zero-order valence-corrected chi connectivity index (χ0v) is 11.0. The normalized spacial score (nSPS) is 10.5. The number of nitrogens with zero attached hydrogens (tertiary/aromatic N) is 4. The fraction of sp³-hybridized carbons (Fsp3) is 0.250. The topological polar surface area (TPSA) is 69.6 Å². The van der Waals surface area contributed by atoms with Gasteiger partial charge < -0.3 is 5.73 Å². The largest absolute Gasteiger partial charge is 0.383 e. The van der Waals surface area contributed by atoms with E-state index in [4.69, 9.17) is 5.73 Å². The molecular formula is C12H15N5S. The summed E-state index contributed by atoms with van der Waals surface area (Å²) in [4.78, 5) is 8.21. The number of hydrogen-bond acceptors (Lipinski definition) is 5. The van der Waals surface area contributed by atoms with Gasteiger partial charge in [-0.25, -0.2) is 9.97 Å². The van der Waals surface area contributed by atoms with Crippen molar-refractivity contribution in [3.63, 3.8) is 0 Å². The van der Waals surface area contributed by atoms with E-state index in [0.717, 1.165) is 29.1 Å². The first-order valence-corrected chi connectivity index (χ1v) is 6.90. The molecule has 0 aromatic carbocycles. The number of nitrogens with two attached hydrogens (primary N) is 1. The van der Waals surface area contributed by atoms with Gasteiger partial charge in [0.05, 0.1) is 11.9 Å². The molecular weight excluding hydrogens is 246 g/mol. The molecule has 2 heterocycles. The summed E-state index contributed by atoms with van der Waals surface area (Å²) in [6.07, 6.45) is 8.95. The summed E-state index contributed by atoms with van der Waals surface area (Å²) in [5.74, 6) is 1.47. The predicted octanol–water partition coefficient (Wildman–Crippen LogP) is 1.93. The van der Waals surface area contributed by atoms with E-state index in [1.165, 1.54) is 6.33 Å². The molecule has 0 aliphatic carbocycles. The summed E-state index contributed by atoms with van der Waals surface area (Å²) in [5, 5.41) is 4.30. The molecule has 0 saturated carbocycles. The summed E-state index contributed by atoms with van der Waals surface area (Å²) in [5.41, 5.74) is 8.26. The lowest BCUT2D eigenvalue weighted by Crippen LogP contribution is -2.00. The molecule has 0 radical (unpaired) electrons. The molecule has 0 unspecified atom stereocenters. The quantitative estimate of drug-likeness (QED) is 0.890. The number of anilines is 1. The Morgan fingerprint density at radius 1 is 1.50 bits per heavy atom. The molecule has 94 valence electrons. The highest BCUT2D eigenvalue weighted by molar-refractivity contribution is 7.98. The van der Waals surface area contributed by atoms with E-state index in [9.17, 15) is 0 Å². The van der Waals surface area contributed by atoms with E-state index in [0.29, 0.717) is 5.82 Å². The van der Waals surface area contributed by atoms with Gasteiger partial charge in [-0.2, -0.15) is 16.9 Å². The molecule has 5 nitrogen and oxygen atoms in total. The van der Waals surface area contributed by atoms with Crippen LogP contribution in [0.2, 0.25) is 0 Å². The van der Waals surface area contributed by atoms with E-state index in [1.54, 1.807) is 24.0 Å². The molecule has 6 heteroatoms. The standard InChI is InChI=1S/C12H15N5S/c1-3-10-11(14-8-15-12(10)13)9-6-16-17(7-9)4-5-18-2/h3,6-8H,1,4-5H2,2H3,(H2,13,14,15). The molecule has 0 aliphatic rings. The Hall–Kier alpha value is -1.82. The zero-order chi connectivity index (χ0) is 13.0. The van der Waals surface area contributed by atoms with Crippen molar-refractivity contribution in [3.8, 4) is 11.3 Å². The van der Waals surface area contributed by atoms with Gasteiger partial charge in [0.25, 0.3) is 0 Å². The summed E-state index contributed by atoms with van der Waals surface area (Å²) >= 11 is 1.79. The number of rotatable bonds is 5. The van der Waals surface area contributed by atoms with Crippen LogP contribution in [0.1, 0.15) is 5.56 Å². The van der Waals surface area contributed by atoms with Crippen molar-refractivity contribution in [3.05, 3.63) is 30.9 Å². The monoisotopic (exact) mass is 261 g/mol. The maximum Gasteiger partial charge on any atom is 0.134 e. The second-order valence-corrected chi connectivity index (χ2v) is 4.70. The first-order valence-electron chi connectivity index (χ1n) is 5.51. The fourth-order valence-electron chi connectivity index (χ4n) is 1.63. The van der Waals surface area contributed by atoms with Crippen molar-refractivity contribution in [1.29, 1.82) is 0 Å². The number of aryl methyl sites for hydroxylation is 1. The summed E-state index contributed by atoms with van der Waals surface area (Å²) in [6, 6.07) is 0. The first kappa shape index (κ1) is 12.6. The number of nitrogen functional groups attached to an aromatic ring is 1. The second kappa shape index (κ2) is 5.68. The Labute approximate surface area is 110 Å². The van der Waals surface area contributed by atoms with Crippen LogP contribution in [0.3, 0.4) is 0 Å². The minimum atomic E-state index is 0.437. The molecule has 18 heavy (non-hydrogen) atoms. The van der Waals surface area contributed by atoms with Crippen LogP contribution in [-0.4, -0.2) is 31.8 Å². The third kappa shape index (κ3) is 2.53. The van der Waals surface area contributed by atoms with Gasteiger partial charge in [-0.05, 0) is 6.26 Å². The minimum absolute atomic E-state index is 0.437. The van der Waals surface area contributed by atoms with Gasteiger partial charge in [0.1, 0.15) is 12.1 Å². The average molecular weight is 261 g/mol. The second-order valence-electron chi connectivity index (χ2n) is 3.71. The van der Waals surface area contributed by atoms with Gasteiger partial charge in [0, 0.05) is 29.6 Å². The molecule has 2 N–H and O–H groups in total. The van der Waals surface area contributed by atoms with Crippen molar-refractivity contribution >= 4 is 23.7 Å². The van der Waals surface area contributed by atoms with Gasteiger partial charge in [0.15, 0.2) is 0 Å². The first-order chi connectivity index (χ1) is 8.76. The molecule has 0 aliphatic heterocycles. The van der Waals surface area contributed by atoms with Crippen LogP contribution in [0.4, 0.5) is 5.82 Å². The van der Waals surface area contributed by atoms with Crippen LogP contribution in [0.5, 0.6) is 0 Å². The smallest absolute Gasteiger partial charge is 0.134 e. The zero-order valence-electron chi connectivity index (χ0n) is 10.2. The van der Waals surface area contributed by atoms with Crippen molar-refractivity contribution in [2.45, 2.75) is 6.54 Å². The summed E-state index contributed by atoms with van der Waals surface area (Å²) < 4.78 is 1.90. The predicted molar refractivity (Wildman–Crippen MR) is 76.1 cm³/mol. The van der Waals surface area contributed by atoms with Gasteiger partial charge >= 0.3 is 0 Å². The van der Waals surface area contributed by atoms with E-state index in [-0.39, 0.29) is 0 Å². The van der Waals surface area contributed by atoms with Crippen LogP contribution in [0.25, 0.3) is 17.3 Å². The molecule has 2 aromatic rings. The highest BCUT2D eigenvalue weighted by Crippen LogP contribution is 2.24. The van der Waals surface area contributed by atoms with Crippen molar-refractivity contribution in [2.24, 2.45) is 0 Å². The van der Waals surface area contributed by atoms with Gasteiger partial charge in [0.2, 0.25) is 0 Å². The Morgan fingerprint density at radius 3 is 3.06 bits per heavy atom. The van der Waals surface area contributed by atoms with Crippen LogP contribution >= 0.6 is 11.8 Å². The molecule has 2 aromatic heterocycles. The van der Waals surface area contributed by atoms with E-state index in [2.05, 4.69) is 27.9 Å². The van der Waals surface area contributed by atoms with Crippen LogP contribution in [0.15, 0.2) is 25.3 Å². The Balaban J connectivity index is 2.34. The molecule has 0 spiro atoms. The van der Waals surface area contributed by atoms with Crippen molar-refractivity contribution in [2.75, 3.05) is 17.7 Å². The molecule has 0 fully saturated rings. The average Bonchev–Trinajstić information content (AvgIpc) is 2.84. The highest BCUT2D eigenvalue weighted by atomic mass is 32.2.